The third-order valence-electron chi connectivity index (χ3n) is 2.53. The van der Waals surface area contributed by atoms with Crippen LogP contribution < -0.4 is 17.6 Å². The molecular formula is C13H22N4O5. The number of hydrogen-bond acceptors (Lipinski definition) is 7. The maximum absolute atomic E-state index is 10.1. The normalized spacial score (nSPS) is 10.5. The number of aliphatic carboxylic acids is 1. The Morgan fingerprint density at radius 3 is 2.23 bits per heavy atom. The number of hydrogen-bond donors (Lipinski definition) is 4. The minimum Gasteiger partial charge on any atom is -0.480 e. The van der Waals surface area contributed by atoms with Gasteiger partial charge in [0.25, 0.3) is 5.69 Å². The van der Waals surface area contributed by atoms with Gasteiger partial charge in [-0.1, -0.05) is 6.42 Å². The van der Waals surface area contributed by atoms with E-state index in [1.807, 2.05) is 0 Å². The lowest BCUT2D eigenvalue weighted by atomic mass is 10.1. The molecule has 0 aliphatic heterocycles. The number of carbonyl (C=O) groups is 2. The van der Waals surface area contributed by atoms with Crippen LogP contribution in [0.15, 0.2) is 24.3 Å². The molecule has 0 unspecified atom stereocenters. The molecule has 0 heterocycles. The fourth-order valence-corrected chi connectivity index (χ4v) is 1.31. The van der Waals surface area contributed by atoms with Crippen LogP contribution in [0.2, 0.25) is 0 Å². The van der Waals surface area contributed by atoms with E-state index in [1.165, 1.54) is 24.3 Å². The summed E-state index contributed by atoms with van der Waals surface area (Å²) >= 11 is 0. The third-order valence-corrected chi connectivity index (χ3v) is 2.53. The van der Waals surface area contributed by atoms with E-state index >= 15 is 0 Å². The molecule has 0 aliphatic rings. The Morgan fingerprint density at radius 2 is 1.86 bits per heavy atom. The number of benzene rings is 1. The minimum absolute atomic E-state index is 0. The van der Waals surface area contributed by atoms with Crippen molar-refractivity contribution in [2.24, 2.45) is 11.5 Å². The highest BCUT2D eigenvalue weighted by atomic mass is 16.6. The standard InChI is InChI=1S/C7H5NO3.C6H14N2O2.H3N/c9-5-6-1-3-7(4-2-6)8(10)11;7-4-2-1-3-5(8)6(9)10;/h1-5H;5H,1-4,7-8H2,(H,9,10);1H3/t;5-;/m.1./s1. The number of nitro groups is 1. The molecule has 0 aromatic heterocycles. The molecule has 0 radical (unpaired) electrons. The number of carboxylic acid groups (broad SMARTS) is 1. The van der Waals surface area contributed by atoms with Crippen molar-refractivity contribution in [3.05, 3.63) is 39.9 Å². The molecule has 1 atom stereocenters. The predicted octanol–water partition coefficient (Wildman–Crippen LogP) is 1.10. The fraction of sp³-hybridized carbons (Fsp3) is 0.385. The molecule has 0 spiro atoms. The van der Waals surface area contributed by atoms with Gasteiger partial charge in [0.1, 0.15) is 12.3 Å². The van der Waals surface area contributed by atoms with Crippen LogP contribution in [0, 0.1) is 10.1 Å². The second-order valence-corrected chi connectivity index (χ2v) is 4.20. The van der Waals surface area contributed by atoms with Gasteiger partial charge in [-0.3, -0.25) is 19.7 Å². The molecule has 9 nitrogen and oxygen atoms in total. The number of carbonyl (C=O) groups excluding carboxylic acids is 1. The van der Waals surface area contributed by atoms with Crippen LogP contribution in [0.3, 0.4) is 0 Å². The Morgan fingerprint density at radius 1 is 1.32 bits per heavy atom. The Balaban J connectivity index is 0. The highest BCUT2D eigenvalue weighted by Gasteiger charge is 2.09. The minimum atomic E-state index is -0.933. The average molecular weight is 314 g/mol. The van der Waals surface area contributed by atoms with Crippen molar-refractivity contribution in [3.63, 3.8) is 0 Å². The van der Waals surface area contributed by atoms with E-state index in [9.17, 15) is 19.7 Å². The largest absolute Gasteiger partial charge is 0.480 e. The molecule has 0 amide bonds. The van der Waals surface area contributed by atoms with Gasteiger partial charge in [0.2, 0.25) is 0 Å². The van der Waals surface area contributed by atoms with Gasteiger partial charge in [0.15, 0.2) is 0 Å². The highest BCUT2D eigenvalue weighted by Crippen LogP contribution is 2.10. The lowest BCUT2D eigenvalue weighted by Crippen LogP contribution is -2.29. The van der Waals surface area contributed by atoms with E-state index in [-0.39, 0.29) is 11.8 Å². The smallest absolute Gasteiger partial charge is 0.320 e. The first-order valence-electron chi connectivity index (χ1n) is 6.30. The number of carboxylic acids is 1. The first-order chi connectivity index (χ1) is 9.92. The molecule has 9 heteroatoms. The molecule has 0 bridgehead atoms. The molecular weight excluding hydrogens is 292 g/mol. The average Bonchev–Trinajstić information content (AvgIpc) is 2.48. The van der Waals surface area contributed by atoms with Crippen LogP contribution in [0.5, 0.6) is 0 Å². The topological polar surface area (TPSA) is 185 Å². The molecule has 1 aromatic rings. The quantitative estimate of drug-likeness (QED) is 0.249. The van der Waals surface area contributed by atoms with E-state index in [4.69, 9.17) is 16.6 Å². The summed E-state index contributed by atoms with van der Waals surface area (Å²) in [5, 5.41) is 18.4. The lowest BCUT2D eigenvalue weighted by molar-refractivity contribution is -0.384. The van der Waals surface area contributed by atoms with Crippen molar-refractivity contribution in [1.82, 2.24) is 6.15 Å². The zero-order chi connectivity index (χ0) is 16.3. The Bertz CT molecular complexity index is 464. The van der Waals surface area contributed by atoms with E-state index in [1.54, 1.807) is 0 Å². The number of aldehydes is 1. The first kappa shape index (κ1) is 21.9. The Kier molecular flexibility index (Phi) is 12.3. The van der Waals surface area contributed by atoms with Crippen LogP contribution in [0.4, 0.5) is 5.69 Å². The first-order valence-corrected chi connectivity index (χ1v) is 6.30. The molecule has 1 rings (SSSR count). The maximum Gasteiger partial charge on any atom is 0.320 e. The van der Waals surface area contributed by atoms with Crippen molar-refractivity contribution in [2.45, 2.75) is 25.3 Å². The number of rotatable bonds is 7. The van der Waals surface area contributed by atoms with Crippen LogP contribution >= 0.6 is 0 Å². The van der Waals surface area contributed by atoms with E-state index < -0.39 is 16.9 Å². The summed E-state index contributed by atoms with van der Waals surface area (Å²) in [6.45, 7) is 0.604. The van der Waals surface area contributed by atoms with Gasteiger partial charge in [-0.15, -0.1) is 0 Å². The maximum atomic E-state index is 10.1. The van der Waals surface area contributed by atoms with Gasteiger partial charge < -0.3 is 22.7 Å². The van der Waals surface area contributed by atoms with Crippen molar-refractivity contribution in [3.8, 4) is 0 Å². The Hall–Kier alpha value is -2.36. The number of nitrogens with zero attached hydrogens (tertiary/aromatic N) is 1. The van der Waals surface area contributed by atoms with Crippen LogP contribution in [0.1, 0.15) is 29.6 Å². The number of non-ortho nitro benzene ring substituents is 1. The van der Waals surface area contributed by atoms with Crippen molar-refractivity contribution < 1.29 is 19.6 Å². The summed E-state index contributed by atoms with van der Waals surface area (Å²) in [6, 6.07) is 4.69. The second kappa shape index (κ2) is 12.4. The van der Waals surface area contributed by atoms with Gasteiger partial charge in [-0.25, -0.2) is 0 Å². The third kappa shape index (κ3) is 9.53. The second-order valence-electron chi connectivity index (χ2n) is 4.20. The molecule has 0 saturated carbocycles. The van der Waals surface area contributed by atoms with Gasteiger partial charge in [0, 0.05) is 17.7 Å². The summed E-state index contributed by atoms with van der Waals surface area (Å²) in [4.78, 5) is 29.9. The molecule has 0 fully saturated rings. The van der Waals surface area contributed by atoms with Crippen molar-refractivity contribution in [2.75, 3.05) is 6.54 Å². The van der Waals surface area contributed by atoms with Crippen LogP contribution in [-0.2, 0) is 4.79 Å². The zero-order valence-corrected chi connectivity index (χ0v) is 12.2. The van der Waals surface area contributed by atoms with Crippen molar-refractivity contribution >= 4 is 17.9 Å². The summed E-state index contributed by atoms with van der Waals surface area (Å²) in [5.74, 6) is -0.933. The van der Waals surface area contributed by atoms with Gasteiger partial charge >= 0.3 is 5.97 Å². The number of nitro benzene ring substituents is 1. The van der Waals surface area contributed by atoms with E-state index in [0.717, 1.165) is 12.8 Å². The summed E-state index contributed by atoms with van der Waals surface area (Å²) in [6.07, 6.45) is 2.81. The van der Waals surface area contributed by atoms with Gasteiger partial charge in [-0.05, 0) is 31.5 Å². The number of unbranched alkanes of at least 4 members (excludes halogenated alkanes) is 1. The highest BCUT2D eigenvalue weighted by molar-refractivity contribution is 5.75. The monoisotopic (exact) mass is 314 g/mol. The summed E-state index contributed by atoms with van der Waals surface area (Å²) < 4.78 is 0. The molecule has 0 saturated heterocycles. The van der Waals surface area contributed by atoms with Crippen molar-refractivity contribution in [1.29, 1.82) is 0 Å². The molecule has 124 valence electrons. The van der Waals surface area contributed by atoms with E-state index in [2.05, 4.69) is 0 Å². The van der Waals surface area contributed by atoms with E-state index in [0.29, 0.717) is 24.8 Å². The SMILES string of the molecule is N.NCCCC[C@@H](N)C(=O)O.O=Cc1ccc([N+](=O)[O-])cc1. The predicted molar refractivity (Wildman–Crippen MR) is 82.0 cm³/mol. The van der Waals surface area contributed by atoms with Gasteiger partial charge in [-0.2, -0.15) is 0 Å². The molecule has 0 aliphatic carbocycles. The van der Waals surface area contributed by atoms with Gasteiger partial charge in [0.05, 0.1) is 4.92 Å². The number of nitrogens with two attached hydrogens (primary N) is 2. The van der Waals surface area contributed by atoms with Crippen LogP contribution in [-0.4, -0.2) is 34.9 Å². The lowest BCUT2D eigenvalue weighted by Gasteiger charge is -2.03. The summed E-state index contributed by atoms with van der Waals surface area (Å²) in [7, 11) is 0. The zero-order valence-electron chi connectivity index (χ0n) is 12.2. The summed E-state index contributed by atoms with van der Waals surface area (Å²) in [5.41, 5.74) is 10.9. The Labute approximate surface area is 128 Å². The molecule has 22 heavy (non-hydrogen) atoms. The fourth-order valence-electron chi connectivity index (χ4n) is 1.31. The molecule has 8 N–H and O–H groups in total. The van der Waals surface area contributed by atoms with Crippen LogP contribution in [0.25, 0.3) is 0 Å². The molecule has 1 aromatic carbocycles.